The van der Waals surface area contributed by atoms with Crippen LogP contribution in [-0.4, -0.2) is 28.5 Å². The average Bonchev–Trinajstić information content (AvgIpc) is 2.03. The van der Waals surface area contributed by atoms with Crippen LogP contribution in [0.5, 0.6) is 0 Å². The maximum absolute atomic E-state index is 11.1. The van der Waals surface area contributed by atoms with Crippen molar-refractivity contribution in [1.29, 1.82) is 0 Å². The van der Waals surface area contributed by atoms with Crippen LogP contribution in [0.1, 0.15) is 21.7 Å². The minimum Gasteiger partial charge on any atom is -0.465 e. The van der Waals surface area contributed by atoms with Crippen LogP contribution in [0.3, 0.4) is 0 Å². The highest BCUT2D eigenvalue weighted by Crippen LogP contribution is 2.07. The minimum absolute atomic E-state index is 0.396. The Morgan fingerprint density at radius 3 is 2.17 bits per heavy atom. The quantitative estimate of drug-likeness (QED) is 0.562. The Kier molecular flexibility index (Phi) is 2.32. The van der Waals surface area contributed by atoms with Crippen LogP contribution >= 0.6 is 0 Å². The third-order valence-electron chi connectivity index (χ3n) is 1.50. The lowest BCUT2D eigenvalue weighted by Gasteiger charge is -2.02. The zero-order valence-electron chi connectivity index (χ0n) is 7.16. The predicted molar refractivity (Wildman–Crippen MR) is 40.6 cm³/mol. The Hall–Kier alpha value is -1.52. The molecule has 0 saturated heterocycles. The molecule has 0 aromatic carbocycles. The topological polar surface area (TPSA) is 65.0 Å². The maximum Gasteiger partial charge on any atom is 0.341 e. The van der Waals surface area contributed by atoms with Gasteiger partial charge in [0.15, 0.2) is 0 Å². The summed E-state index contributed by atoms with van der Waals surface area (Å²) in [5.41, 5.74) is 1.47. The second kappa shape index (κ2) is 3.25. The van der Waals surface area contributed by atoms with Crippen molar-refractivity contribution in [1.82, 2.24) is 15.4 Å². The number of carbonyl (C=O) groups is 1. The lowest BCUT2D eigenvalue weighted by molar-refractivity contribution is 0.0597. The van der Waals surface area contributed by atoms with E-state index in [1.807, 2.05) is 0 Å². The number of aromatic nitrogens is 3. The van der Waals surface area contributed by atoms with Crippen molar-refractivity contribution >= 4 is 5.97 Å². The Balaban J connectivity index is 3.21. The largest absolute Gasteiger partial charge is 0.465 e. The lowest BCUT2D eigenvalue weighted by Crippen LogP contribution is -2.10. The summed E-state index contributed by atoms with van der Waals surface area (Å²) >= 11 is 0. The summed E-state index contributed by atoms with van der Waals surface area (Å²) in [6.45, 7) is 3.38. The molecule has 0 aliphatic rings. The Labute approximate surface area is 69.8 Å². The fourth-order valence-corrected chi connectivity index (χ4v) is 0.916. The number of rotatable bonds is 1. The van der Waals surface area contributed by atoms with Gasteiger partial charge < -0.3 is 4.74 Å². The standard InChI is InChI=1S/C7H9N3O2/c1-4-6(7(11)12-3)5(2)9-10-8-4/h1-3H3. The number of carbonyl (C=O) groups excluding carboxylic acids is 1. The number of esters is 1. The third kappa shape index (κ3) is 1.39. The van der Waals surface area contributed by atoms with Gasteiger partial charge >= 0.3 is 5.97 Å². The van der Waals surface area contributed by atoms with Crippen molar-refractivity contribution in [2.75, 3.05) is 7.11 Å². The molecule has 5 nitrogen and oxygen atoms in total. The van der Waals surface area contributed by atoms with Gasteiger partial charge in [0.05, 0.1) is 18.5 Å². The molecule has 1 aromatic heterocycles. The van der Waals surface area contributed by atoms with Crippen LogP contribution < -0.4 is 0 Å². The van der Waals surface area contributed by atoms with Crippen LogP contribution in [0.2, 0.25) is 0 Å². The summed E-state index contributed by atoms with van der Waals surface area (Å²) in [6, 6.07) is 0. The van der Waals surface area contributed by atoms with Crippen LogP contribution in [-0.2, 0) is 4.74 Å². The lowest BCUT2D eigenvalue weighted by atomic mass is 10.2. The molecule has 0 N–H and O–H groups in total. The SMILES string of the molecule is COC(=O)c1c(C)nnnc1C. The van der Waals surface area contributed by atoms with E-state index in [0.29, 0.717) is 17.0 Å². The Bertz CT molecular complexity index is 291. The molecule has 1 heterocycles. The van der Waals surface area contributed by atoms with Crippen LogP contribution in [0.25, 0.3) is 0 Å². The van der Waals surface area contributed by atoms with Gasteiger partial charge in [-0.05, 0) is 19.1 Å². The summed E-state index contributed by atoms with van der Waals surface area (Å²) in [7, 11) is 1.32. The molecule has 1 aromatic rings. The van der Waals surface area contributed by atoms with Gasteiger partial charge in [-0.3, -0.25) is 0 Å². The molecule has 5 heteroatoms. The van der Waals surface area contributed by atoms with Crippen molar-refractivity contribution in [2.24, 2.45) is 0 Å². The molecule has 0 aliphatic carbocycles. The van der Waals surface area contributed by atoms with Gasteiger partial charge in [0.25, 0.3) is 0 Å². The minimum atomic E-state index is -0.424. The van der Waals surface area contributed by atoms with E-state index in [-0.39, 0.29) is 0 Å². The summed E-state index contributed by atoms with van der Waals surface area (Å²) < 4.78 is 4.55. The first-order valence-corrected chi connectivity index (χ1v) is 3.41. The van der Waals surface area contributed by atoms with E-state index in [1.54, 1.807) is 13.8 Å². The zero-order valence-corrected chi connectivity index (χ0v) is 7.16. The monoisotopic (exact) mass is 167 g/mol. The second-order valence-corrected chi connectivity index (χ2v) is 2.33. The van der Waals surface area contributed by atoms with E-state index in [4.69, 9.17) is 0 Å². The van der Waals surface area contributed by atoms with Crippen LogP contribution in [0.15, 0.2) is 0 Å². The van der Waals surface area contributed by atoms with Gasteiger partial charge in [-0.1, -0.05) is 0 Å². The molecule has 0 aliphatic heterocycles. The number of methoxy groups -OCH3 is 1. The summed E-state index contributed by atoms with van der Waals surface area (Å²) in [6.07, 6.45) is 0. The third-order valence-corrected chi connectivity index (χ3v) is 1.50. The smallest absolute Gasteiger partial charge is 0.341 e. The summed E-state index contributed by atoms with van der Waals surface area (Å²) in [5.74, 6) is -0.424. The molecular formula is C7H9N3O2. The van der Waals surface area contributed by atoms with Gasteiger partial charge in [-0.15, -0.1) is 10.2 Å². The molecule has 0 atom stereocenters. The maximum atomic E-state index is 11.1. The van der Waals surface area contributed by atoms with Gasteiger partial charge in [-0.25, -0.2) is 4.79 Å². The van der Waals surface area contributed by atoms with Gasteiger partial charge in [0.2, 0.25) is 0 Å². The van der Waals surface area contributed by atoms with E-state index in [1.165, 1.54) is 7.11 Å². The van der Waals surface area contributed by atoms with Gasteiger partial charge in [0.1, 0.15) is 5.56 Å². The number of aryl methyl sites for hydroxylation is 2. The van der Waals surface area contributed by atoms with Gasteiger partial charge in [0, 0.05) is 0 Å². The molecule has 0 fully saturated rings. The first-order valence-electron chi connectivity index (χ1n) is 3.41. The summed E-state index contributed by atoms with van der Waals surface area (Å²) in [4.78, 5) is 11.1. The van der Waals surface area contributed by atoms with E-state index < -0.39 is 5.97 Å². The van der Waals surface area contributed by atoms with E-state index in [2.05, 4.69) is 20.1 Å². The second-order valence-electron chi connectivity index (χ2n) is 2.33. The average molecular weight is 167 g/mol. The molecule has 0 spiro atoms. The number of hydrogen-bond donors (Lipinski definition) is 0. The number of hydrogen-bond acceptors (Lipinski definition) is 5. The van der Waals surface area contributed by atoms with Crippen LogP contribution in [0, 0.1) is 13.8 Å². The Morgan fingerprint density at radius 1 is 1.25 bits per heavy atom. The summed E-state index contributed by atoms with van der Waals surface area (Å²) in [5, 5.41) is 10.7. The van der Waals surface area contributed by atoms with Crippen molar-refractivity contribution in [3.05, 3.63) is 17.0 Å². The van der Waals surface area contributed by atoms with E-state index in [0.717, 1.165) is 0 Å². The fourth-order valence-electron chi connectivity index (χ4n) is 0.916. The fraction of sp³-hybridized carbons (Fsp3) is 0.429. The highest BCUT2D eigenvalue weighted by molar-refractivity contribution is 5.91. The normalized spacial score (nSPS) is 9.58. The Morgan fingerprint density at radius 2 is 1.75 bits per heavy atom. The number of ether oxygens (including phenoxy) is 1. The van der Waals surface area contributed by atoms with Crippen molar-refractivity contribution in [3.63, 3.8) is 0 Å². The van der Waals surface area contributed by atoms with Crippen molar-refractivity contribution in [2.45, 2.75) is 13.8 Å². The van der Waals surface area contributed by atoms with Crippen LogP contribution in [0.4, 0.5) is 0 Å². The molecule has 0 radical (unpaired) electrons. The molecule has 0 amide bonds. The van der Waals surface area contributed by atoms with E-state index in [9.17, 15) is 4.79 Å². The highest BCUT2D eigenvalue weighted by Gasteiger charge is 2.14. The zero-order chi connectivity index (χ0) is 9.14. The first-order chi connectivity index (χ1) is 5.66. The number of nitrogens with zero attached hydrogens (tertiary/aromatic N) is 3. The molecule has 64 valence electrons. The molecule has 0 unspecified atom stereocenters. The molecule has 12 heavy (non-hydrogen) atoms. The molecule has 0 bridgehead atoms. The predicted octanol–water partition coefficient (Wildman–Crippen LogP) is 0.275. The van der Waals surface area contributed by atoms with E-state index >= 15 is 0 Å². The molecule has 1 rings (SSSR count). The molecular weight excluding hydrogens is 158 g/mol. The first kappa shape index (κ1) is 8.58. The van der Waals surface area contributed by atoms with Crippen molar-refractivity contribution < 1.29 is 9.53 Å². The molecule has 0 saturated carbocycles. The van der Waals surface area contributed by atoms with Gasteiger partial charge in [-0.2, -0.15) is 0 Å². The van der Waals surface area contributed by atoms with Crippen molar-refractivity contribution in [3.8, 4) is 0 Å². The highest BCUT2D eigenvalue weighted by atomic mass is 16.5.